The summed E-state index contributed by atoms with van der Waals surface area (Å²) in [6.45, 7) is 1.28. The average molecular weight is 373 g/mol. The molecule has 2 heterocycles. The van der Waals surface area contributed by atoms with Crippen LogP contribution in [0.3, 0.4) is 0 Å². The number of methoxy groups -OCH3 is 1. The van der Waals surface area contributed by atoms with Gasteiger partial charge in [0.1, 0.15) is 5.70 Å². The molecule has 3 rings (SSSR count). The van der Waals surface area contributed by atoms with Gasteiger partial charge in [0.2, 0.25) is 0 Å². The Balaban J connectivity index is 1.59. The number of hydrogen-bond acceptors (Lipinski definition) is 7. The Kier molecular flexibility index (Phi) is 5.75. The van der Waals surface area contributed by atoms with Crippen LogP contribution in [0.4, 0.5) is 11.4 Å². The number of ether oxygens (including phenoxy) is 1. The highest BCUT2D eigenvalue weighted by Crippen LogP contribution is 2.26. The fourth-order valence-corrected chi connectivity index (χ4v) is 3.36. The molecular formula is C19H23N3O5. The van der Waals surface area contributed by atoms with Crippen LogP contribution >= 0.6 is 0 Å². The first-order chi connectivity index (χ1) is 13.0. The maximum absolute atomic E-state index is 12.2. The molecule has 0 unspecified atom stereocenters. The van der Waals surface area contributed by atoms with Gasteiger partial charge >= 0.3 is 5.97 Å². The lowest BCUT2D eigenvalue weighted by Gasteiger charge is -2.32. The smallest absolute Gasteiger partial charge is 0.308 e. The molecule has 27 heavy (non-hydrogen) atoms. The number of anilines is 2. The molecule has 2 amide bonds. The zero-order chi connectivity index (χ0) is 19.4. The third-order valence-corrected chi connectivity index (χ3v) is 4.87. The first kappa shape index (κ1) is 18.9. The fourth-order valence-electron chi connectivity index (χ4n) is 3.36. The van der Waals surface area contributed by atoms with E-state index in [2.05, 4.69) is 10.2 Å². The fraction of sp³-hybridized carbons (Fsp3) is 0.421. The number of esters is 1. The minimum atomic E-state index is -0.442. The molecule has 2 N–H and O–H groups in total. The molecule has 0 saturated carbocycles. The molecule has 8 heteroatoms. The van der Waals surface area contributed by atoms with Crippen LogP contribution in [0.15, 0.2) is 36.0 Å². The van der Waals surface area contributed by atoms with E-state index in [4.69, 9.17) is 9.84 Å². The number of β-amino-alcohol motifs (C(OH)–C–C–N with tert-alkyl or cyclic N) is 1. The molecule has 0 spiro atoms. The van der Waals surface area contributed by atoms with Crippen LogP contribution in [0.2, 0.25) is 0 Å². The molecule has 2 aliphatic rings. The van der Waals surface area contributed by atoms with E-state index in [0.29, 0.717) is 5.69 Å². The predicted octanol–water partition coefficient (Wildman–Crippen LogP) is 0.733. The van der Waals surface area contributed by atoms with Gasteiger partial charge in [-0.2, -0.15) is 0 Å². The summed E-state index contributed by atoms with van der Waals surface area (Å²) >= 11 is 0. The van der Waals surface area contributed by atoms with Crippen molar-refractivity contribution in [3.05, 3.63) is 36.0 Å². The number of hydrogen-bond donors (Lipinski definition) is 2. The van der Waals surface area contributed by atoms with E-state index in [1.807, 2.05) is 24.3 Å². The standard InChI is InChI=1S/C19H23N3O5/c1-27-19(26)13-6-8-21(9-7-13)15-4-2-14(3-5-15)20-16-12-17(24)22(10-11-23)18(16)25/h2-5,12-13,20,23H,6-11H2,1H3. The van der Waals surface area contributed by atoms with Crippen LogP contribution in [0, 0.1) is 5.92 Å². The Labute approximate surface area is 157 Å². The van der Waals surface area contributed by atoms with Crippen molar-refractivity contribution in [2.24, 2.45) is 5.92 Å². The van der Waals surface area contributed by atoms with Crippen molar-refractivity contribution in [3.8, 4) is 0 Å². The van der Waals surface area contributed by atoms with Gasteiger partial charge in [0, 0.05) is 30.5 Å². The van der Waals surface area contributed by atoms with Gasteiger partial charge in [0.05, 0.1) is 26.2 Å². The molecule has 8 nitrogen and oxygen atoms in total. The Morgan fingerprint density at radius 2 is 1.89 bits per heavy atom. The van der Waals surface area contributed by atoms with Crippen LogP contribution in [-0.4, -0.2) is 61.1 Å². The quantitative estimate of drug-likeness (QED) is 0.560. The lowest BCUT2D eigenvalue weighted by molar-refractivity contribution is -0.146. The second-order valence-corrected chi connectivity index (χ2v) is 6.53. The molecule has 1 fully saturated rings. The average Bonchev–Trinajstić information content (AvgIpc) is 2.96. The van der Waals surface area contributed by atoms with E-state index < -0.39 is 11.8 Å². The van der Waals surface area contributed by atoms with Gasteiger partial charge in [-0.1, -0.05) is 0 Å². The molecule has 0 aliphatic carbocycles. The lowest BCUT2D eigenvalue weighted by atomic mass is 9.96. The predicted molar refractivity (Wildman–Crippen MR) is 98.9 cm³/mol. The van der Waals surface area contributed by atoms with Crippen LogP contribution in [0.25, 0.3) is 0 Å². The Bertz CT molecular complexity index is 751. The van der Waals surface area contributed by atoms with Crippen molar-refractivity contribution in [2.75, 3.05) is 43.6 Å². The van der Waals surface area contributed by atoms with Gasteiger partial charge in [-0.05, 0) is 37.1 Å². The summed E-state index contributed by atoms with van der Waals surface area (Å²) < 4.78 is 4.81. The van der Waals surface area contributed by atoms with E-state index in [1.54, 1.807) is 0 Å². The number of carbonyl (C=O) groups is 3. The number of amides is 2. The SMILES string of the molecule is COC(=O)C1CCN(c2ccc(NC3=CC(=O)N(CCO)C3=O)cc2)CC1. The highest BCUT2D eigenvalue weighted by atomic mass is 16.5. The highest BCUT2D eigenvalue weighted by Gasteiger charge is 2.30. The second kappa shape index (κ2) is 8.22. The Morgan fingerprint density at radius 1 is 1.22 bits per heavy atom. The summed E-state index contributed by atoms with van der Waals surface area (Å²) in [5.41, 5.74) is 1.93. The number of nitrogens with zero attached hydrogens (tertiary/aromatic N) is 2. The molecular weight excluding hydrogens is 350 g/mol. The lowest BCUT2D eigenvalue weighted by Crippen LogP contribution is -2.36. The number of aliphatic hydroxyl groups excluding tert-OH is 1. The van der Waals surface area contributed by atoms with E-state index in [-0.39, 0.29) is 30.7 Å². The summed E-state index contributed by atoms with van der Waals surface area (Å²) in [6, 6.07) is 7.56. The number of benzene rings is 1. The number of imide groups is 1. The third kappa shape index (κ3) is 4.11. The Hall–Kier alpha value is -2.87. The topological polar surface area (TPSA) is 99.2 Å². The molecule has 2 aliphatic heterocycles. The van der Waals surface area contributed by atoms with E-state index in [9.17, 15) is 14.4 Å². The number of nitrogens with one attached hydrogen (secondary N) is 1. The van der Waals surface area contributed by atoms with Crippen LogP contribution < -0.4 is 10.2 Å². The number of piperidine rings is 1. The van der Waals surface area contributed by atoms with Gasteiger partial charge in [0.15, 0.2) is 0 Å². The zero-order valence-electron chi connectivity index (χ0n) is 15.2. The van der Waals surface area contributed by atoms with Crippen molar-refractivity contribution >= 4 is 29.2 Å². The number of rotatable bonds is 6. The first-order valence-corrected chi connectivity index (χ1v) is 8.91. The van der Waals surface area contributed by atoms with Crippen molar-refractivity contribution in [1.82, 2.24) is 4.90 Å². The van der Waals surface area contributed by atoms with Crippen molar-refractivity contribution in [1.29, 1.82) is 0 Å². The molecule has 1 aromatic rings. The van der Waals surface area contributed by atoms with Crippen molar-refractivity contribution < 1.29 is 24.2 Å². The maximum Gasteiger partial charge on any atom is 0.308 e. The van der Waals surface area contributed by atoms with Crippen LogP contribution in [-0.2, 0) is 19.1 Å². The number of carbonyl (C=O) groups excluding carboxylic acids is 3. The van der Waals surface area contributed by atoms with Gasteiger partial charge in [-0.15, -0.1) is 0 Å². The summed E-state index contributed by atoms with van der Waals surface area (Å²) in [4.78, 5) is 38.7. The molecule has 1 saturated heterocycles. The minimum absolute atomic E-state index is 0.0141. The zero-order valence-corrected chi connectivity index (χ0v) is 15.2. The largest absolute Gasteiger partial charge is 0.469 e. The van der Waals surface area contributed by atoms with Gasteiger partial charge in [-0.25, -0.2) is 0 Å². The third-order valence-electron chi connectivity index (χ3n) is 4.87. The van der Waals surface area contributed by atoms with Crippen LogP contribution in [0.1, 0.15) is 12.8 Å². The maximum atomic E-state index is 12.2. The Morgan fingerprint density at radius 3 is 2.48 bits per heavy atom. The summed E-state index contributed by atoms with van der Waals surface area (Å²) in [5.74, 6) is -1.05. The molecule has 1 aromatic carbocycles. The molecule has 0 aromatic heterocycles. The van der Waals surface area contributed by atoms with Crippen LogP contribution in [0.5, 0.6) is 0 Å². The van der Waals surface area contributed by atoms with E-state index in [1.165, 1.54) is 13.2 Å². The molecule has 144 valence electrons. The normalized spacial score (nSPS) is 17.9. The summed E-state index contributed by atoms with van der Waals surface area (Å²) in [7, 11) is 1.42. The summed E-state index contributed by atoms with van der Waals surface area (Å²) in [5, 5.41) is 11.9. The van der Waals surface area contributed by atoms with Gasteiger partial charge in [0.25, 0.3) is 11.8 Å². The minimum Gasteiger partial charge on any atom is -0.469 e. The first-order valence-electron chi connectivity index (χ1n) is 8.91. The monoisotopic (exact) mass is 373 g/mol. The molecule has 0 atom stereocenters. The van der Waals surface area contributed by atoms with E-state index >= 15 is 0 Å². The molecule has 0 bridgehead atoms. The molecule has 0 radical (unpaired) electrons. The van der Waals surface area contributed by atoms with Crippen molar-refractivity contribution in [2.45, 2.75) is 12.8 Å². The summed E-state index contributed by atoms with van der Waals surface area (Å²) in [6.07, 6.45) is 2.76. The highest BCUT2D eigenvalue weighted by molar-refractivity contribution is 6.17. The van der Waals surface area contributed by atoms with E-state index in [0.717, 1.165) is 36.5 Å². The van der Waals surface area contributed by atoms with Gasteiger partial charge in [-0.3, -0.25) is 19.3 Å². The second-order valence-electron chi connectivity index (χ2n) is 6.53. The van der Waals surface area contributed by atoms with Gasteiger partial charge < -0.3 is 20.1 Å². The number of aliphatic hydroxyl groups is 1. The van der Waals surface area contributed by atoms with Crippen molar-refractivity contribution in [3.63, 3.8) is 0 Å².